The third-order valence-corrected chi connectivity index (χ3v) is 3.01. The van der Waals surface area contributed by atoms with E-state index in [0.717, 1.165) is 5.69 Å². The van der Waals surface area contributed by atoms with Gasteiger partial charge >= 0.3 is 5.97 Å². The Morgan fingerprint density at radius 1 is 1.21 bits per heavy atom. The Kier molecular flexibility index (Phi) is 5.26. The van der Waals surface area contributed by atoms with Gasteiger partial charge < -0.3 is 15.7 Å². The number of hydrogen-bond donors (Lipinski definition) is 3. The minimum absolute atomic E-state index is 0.108. The van der Waals surface area contributed by atoms with Crippen molar-refractivity contribution >= 4 is 23.4 Å². The molecule has 0 atom stereocenters. The smallest absolute Gasteiger partial charge is 0.335 e. The number of carboxylic acid groups (broad SMARTS) is 1. The third-order valence-electron chi connectivity index (χ3n) is 3.01. The predicted molar refractivity (Wildman–Crippen MR) is 88.3 cm³/mol. The fraction of sp³-hybridized carbons (Fsp3) is 0.0588. The first-order valence-electron chi connectivity index (χ1n) is 6.95. The van der Waals surface area contributed by atoms with Crippen molar-refractivity contribution in [1.29, 1.82) is 5.26 Å². The Morgan fingerprint density at radius 2 is 1.92 bits per heavy atom. The van der Waals surface area contributed by atoms with E-state index in [1.165, 1.54) is 30.5 Å². The van der Waals surface area contributed by atoms with Gasteiger partial charge in [0.05, 0.1) is 5.56 Å². The first kappa shape index (κ1) is 16.7. The Balaban J connectivity index is 2.07. The molecule has 7 heteroatoms. The van der Waals surface area contributed by atoms with E-state index in [1.54, 1.807) is 18.2 Å². The number of nitriles is 1. The molecule has 1 heterocycles. The minimum Gasteiger partial charge on any atom is -0.478 e. The standard InChI is InChI=1S/C17H14N4O3/c1-11-3-2-4-15(20-11)19-10-13(9-18)16(22)21-14-7-5-12(6-8-14)17(23)24/h2-8,10H,1H3,(H,19,20)(H,21,22)(H,23,24)/b13-10-. The molecular weight excluding hydrogens is 308 g/mol. The van der Waals surface area contributed by atoms with Crippen LogP contribution in [0.5, 0.6) is 0 Å². The van der Waals surface area contributed by atoms with Gasteiger partial charge in [-0.15, -0.1) is 0 Å². The summed E-state index contributed by atoms with van der Waals surface area (Å²) < 4.78 is 0. The van der Waals surface area contributed by atoms with E-state index < -0.39 is 11.9 Å². The maximum atomic E-state index is 12.1. The number of amides is 1. The molecule has 24 heavy (non-hydrogen) atoms. The highest BCUT2D eigenvalue weighted by atomic mass is 16.4. The second kappa shape index (κ2) is 7.56. The Labute approximate surface area is 138 Å². The summed E-state index contributed by atoms with van der Waals surface area (Å²) in [5.74, 6) is -1.15. The Morgan fingerprint density at radius 3 is 2.50 bits per heavy atom. The van der Waals surface area contributed by atoms with Gasteiger partial charge in [0.25, 0.3) is 5.91 Å². The lowest BCUT2D eigenvalue weighted by Crippen LogP contribution is -2.14. The first-order chi connectivity index (χ1) is 11.5. The van der Waals surface area contributed by atoms with Gasteiger partial charge in [0.15, 0.2) is 0 Å². The Hall–Kier alpha value is -3.66. The molecule has 0 spiro atoms. The maximum absolute atomic E-state index is 12.1. The Bertz CT molecular complexity index is 836. The van der Waals surface area contributed by atoms with Crippen molar-refractivity contribution in [2.45, 2.75) is 6.92 Å². The first-order valence-corrected chi connectivity index (χ1v) is 6.95. The summed E-state index contributed by atoms with van der Waals surface area (Å²) in [4.78, 5) is 27.0. The number of carbonyl (C=O) groups excluding carboxylic acids is 1. The molecule has 3 N–H and O–H groups in total. The van der Waals surface area contributed by atoms with Crippen molar-refractivity contribution in [3.63, 3.8) is 0 Å². The van der Waals surface area contributed by atoms with E-state index in [-0.39, 0.29) is 11.1 Å². The zero-order valence-electron chi connectivity index (χ0n) is 12.8. The highest BCUT2D eigenvalue weighted by molar-refractivity contribution is 6.06. The summed E-state index contributed by atoms with van der Waals surface area (Å²) in [6.45, 7) is 1.83. The largest absolute Gasteiger partial charge is 0.478 e. The number of pyridine rings is 1. The van der Waals surface area contributed by atoms with Crippen LogP contribution in [0.25, 0.3) is 0 Å². The molecule has 0 bridgehead atoms. The van der Waals surface area contributed by atoms with Gasteiger partial charge in [-0.05, 0) is 43.3 Å². The van der Waals surface area contributed by atoms with E-state index >= 15 is 0 Å². The summed E-state index contributed by atoms with van der Waals surface area (Å²) in [5.41, 5.74) is 1.16. The number of aromatic carboxylic acids is 1. The van der Waals surface area contributed by atoms with Crippen molar-refractivity contribution in [2.75, 3.05) is 10.6 Å². The van der Waals surface area contributed by atoms with Crippen LogP contribution in [0.15, 0.2) is 54.2 Å². The lowest BCUT2D eigenvalue weighted by molar-refractivity contribution is -0.112. The van der Waals surface area contributed by atoms with Crippen molar-refractivity contribution in [1.82, 2.24) is 4.98 Å². The maximum Gasteiger partial charge on any atom is 0.335 e. The van der Waals surface area contributed by atoms with Gasteiger partial charge in [-0.1, -0.05) is 6.07 Å². The molecule has 0 saturated carbocycles. The van der Waals surface area contributed by atoms with Gasteiger partial charge in [0.1, 0.15) is 17.5 Å². The lowest BCUT2D eigenvalue weighted by atomic mass is 10.2. The van der Waals surface area contributed by atoms with Crippen LogP contribution in [0.3, 0.4) is 0 Å². The molecule has 7 nitrogen and oxygen atoms in total. The number of nitrogens with zero attached hydrogens (tertiary/aromatic N) is 2. The highest BCUT2D eigenvalue weighted by Gasteiger charge is 2.10. The van der Waals surface area contributed by atoms with Crippen LogP contribution in [-0.2, 0) is 4.79 Å². The summed E-state index contributed by atoms with van der Waals surface area (Å²) in [5, 5.41) is 23.3. The molecule has 1 amide bonds. The normalized spacial score (nSPS) is 10.6. The van der Waals surface area contributed by atoms with Crippen molar-refractivity contribution in [3.05, 3.63) is 65.5 Å². The van der Waals surface area contributed by atoms with Crippen LogP contribution in [0.4, 0.5) is 11.5 Å². The monoisotopic (exact) mass is 322 g/mol. The topological polar surface area (TPSA) is 115 Å². The molecule has 0 radical (unpaired) electrons. The molecular formula is C17H14N4O3. The molecule has 0 aliphatic carbocycles. The minimum atomic E-state index is -1.06. The molecule has 0 aliphatic heterocycles. The second-order valence-corrected chi connectivity index (χ2v) is 4.81. The van der Waals surface area contributed by atoms with Gasteiger partial charge in [0.2, 0.25) is 0 Å². The van der Waals surface area contributed by atoms with Gasteiger partial charge in [-0.25, -0.2) is 9.78 Å². The van der Waals surface area contributed by atoms with E-state index in [1.807, 2.05) is 13.0 Å². The van der Waals surface area contributed by atoms with E-state index in [0.29, 0.717) is 11.5 Å². The van der Waals surface area contributed by atoms with Gasteiger partial charge in [-0.3, -0.25) is 4.79 Å². The average molecular weight is 322 g/mol. The average Bonchev–Trinajstić information content (AvgIpc) is 2.56. The number of carboxylic acids is 1. The lowest BCUT2D eigenvalue weighted by Gasteiger charge is -2.05. The zero-order chi connectivity index (χ0) is 17.5. The number of rotatable bonds is 5. The molecule has 120 valence electrons. The fourth-order valence-corrected chi connectivity index (χ4v) is 1.81. The second-order valence-electron chi connectivity index (χ2n) is 4.81. The van der Waals surface area contributed by atoms with Crippen molar-refractivity contribution in [3.8, 4) is 6.07 Å². The van der Waals surface area contributed by atoms with Crippen LogP contribution in [0, 0.1) is 18.3 Å². The quantitative estimate of drug-likeness (QED) is 0.575. The van der Waals surface area contributed by atoms with Crippen molar-refractivity contribution < 1.29 is 14.7 Å². The predicted octanol–water partition coefficient (Wildman–Crippen LogP) is 2.55. The number of carbonyl (C=O) groups is 2. The molecule has 0 saturated heterocycles. The van der Waals surface area contributed by atoms with E-state index in [9.17, 15) is 9.59 Å². The molecule has 1 aromatic carbocycles. The number of aromatic nitrogens is 1. The number of aryl methyl sites for hydroxylation is 1. The zero-order valence-corrected chi connectivity index (χ0v) is 12.8. The summed E-state index contributed by atoms with van der Waals surface area (Å²) in [6.07, 6.45) is 1.27. The van der Waals surface area contributed by atoms with Crippen LogP contribution in [-0.4, -0.2) is 22.0 Å². The highest BCUT2D eigenvalue weighted by Crippen LogP contribution is 2.11. The summed E-state index contributed by atoms with van der Waals surface area (Å²) >= 11 is 0. The molecule has 0 unspecified atom stereocenters. The van der Waals surface area contributed by atoms with E-state index in [2.05, 4.69) is 15.6 Å². The van der Waals surface area contributed by atoms with E-state index in [4.69, 9.17) is 10.4 Å². The summed E-state index contributed by atoms with van der Waals surface area (Å²) in [7, 11) is 0. The molecule has 2 rings (SSSR count). The van der Waals surface area contributed by atoms with Crippen LogP contribution in [0.2, 0.25) is 0 Å². The fourth-order valence-electron chi connectivity index (χ4n) is 1.81. The van der Waals surface area contributed by atoms with Crippen LogP contribution in [0.1, 0.15) is 16.1 Å². The van der Waals surface area contributed by atoms with Gasteiger partial charge in [-0.2, -0.15) is 5.26 Å². The van der Waals surface area contributed by atoms with Crippen LogP contribution < -0.4 is 10.6 Å². The SMILES string of the molecule is Cc1cccc(N/C=C(/C#N)C(=O)Nc2ccc(C(=O)O)cc2)n1. The number of anilines is 2. The number of benzene rings is 1. The van der Waals surface area contributed by atoms with Gasteiger partial charge in [0, 0.05) is 17.6 Å². The molecule has 0 aliphatic rings. The molecule has 1 aromatic heterocycles. The molecule has 0 fully saturated rings. The molecule has 2 aromatic rings. The summed E-state index contributed by atoms with van der Waals surface area (Å²) in [6, 6.07) is 12.8. The number of nitrogens with one attached hydrogen (secondary N) is 2. The third kappa shape index (κ3) is 4.42. The van der Waals surface area contributed by atoms with Crippen LogP contribution >= 0.6 is 0 Å². The number of hydrogen-bond acceptors (Lipinski definition) is 5. The van der Waals surface area contributed by atoms with Crippen molar-refractivity contribution in [2.24, 2.45) is 0 Å².